The molecule has 0 aliphatic carbocycles. The molecule has 0 unspecified atom stereocenters. The van der Waals surface area contributed by atoms with Crippen molar-refractivity contribution in [2.45, 2.75) is 0 Å². The van der Waals surface area contributed by atoms with Crippen molar-refractivity contribution in [2.24, 2.45) is 5.73 Å². The lowest BCUT2D eigenvalue weighted by atomic mass is 10.1. The summed E-state index contributed by atoms with van der Waals surface area (Å²) in [4.78, 5) is 10.8. The second-order valence-electron chi connectivity index (χ2n) is 4.81. The number of anilines is 1. The number of nitrogens with two attached hydrogens (primary N) is 1. The van der Waals surface area contributed by atoms with Crippen molar-refractivity contribution in [3.8, 4) is 22.8 Å². The van der Waals surface area contributed by atoms with Gasteiger partial charge in [0, 0.05) is 31.9 Å². The number of fused-ring (bicyclic) bond motifs is 1. The molecule has 0 saturated carbocycles. The van der Waals surface area contributed by atoms with E-state index in [1.165, 1.54) is 0 Å². The average molecular weight is 286 g/mol. The van der Waals surface area contributed by atoms with Crippen molar-refractivity contribution in [3.63, 3.8) is 0 Å². The smallest absolute Gasteiger partial charge is 0.225 e. The van der Waals surface area contributed by atoms with E-state index >= 15 is 0 Å². The van der Waals surface area contributed by atoms with Gasteiger partial charge in [0.05, 0.1) is 5.69 Å². The summed E-state index contributed by atoms with van der Waals surface area (Å²) in [6.07, 6.45) is 1.75. The fourth-order valence-corrected chi connectivity index (χ4v) is 2.19. The molecule has 0 atom stereocenters. The van der Waals surface area contributed by atoms with Gasteiger partial charge in [0.25, 0.3) is 0 Å². The molecule has 1 aliphatic heterocycles. The molecular weight excluding hydrogens is 268 g/mol. The molecule has 2 heterocycles. The molecule has 110 valence electrons. The third-order valence-corrected chi connectivity index (χ3v) is 3.29. The molecule has 1 aromatic carbocycles. The highest BCUT2D eigenvalue weighted by Gasteiger charge is 2.13. The second kappa shape index (κ2) is 5.97. The third kappa shape index (κ3) is 2.90. The first kappa shape index (κ1) is 13.6. The quantitative estimate of drug-likeness (QED) is 0.913. The Morgan fingerprint density at radius 3 is 2.81 bits per heavy atom. The summed E-state index contributed by atoms with van der Waals surface area (Å²) in [6, 6.07) is 7.71. The zero-order chi connectivity index (χ0) is 14.7. The van der Waals surface area contributed by atoms with Crippen LogP contribution in [0, 0.1) is 0 Å². The molecule has 0 radical (unpaired) electrons. The Hall–Kier alpha value is -2.34. The molecule has 1 aliphatic rings. The molecule has 3 rings (SSSR count). The minimum atomic E-state index is 0.564. The van der Waals surface area contributed by atoms with E-state index < -0.39 is 0 Å². The van der Waals surface area contributed by atoms with E-state index in [1.54, 1.807) is 6.20 Å². The van der Waals surface area contributed by atoms with Gasteiger partial charge < -0.3 is 20.1 Å². The molecule has 1 aromatic heterocycles. The summed E-state index contributed by atoms with van der Waals surface area (Å²) >= 11 is 0. The molecule has 2 aromatic rings. The van der Waals surface area contributed by atoms with Crippen molar-refractivity contribution >= 4 is 5.95 Å². The summed E-state index contributed by atoms with van der Waals surface area (Å²) in [7, 11) is 1.93. The van der Waals surface area contributed by atoms with E-state index in [9.17, 15) is 0 Å². The first-order valence-electron chi connectivity index (χ1n) is 6.92. The predicted molar refractivity (Wildman–Crippen MR) is 80.8 cm³/mol. The number of likely N-dealkylation sites (N-methyl/N-ethyl adjacent to an activating group) is 1. The summed E-state index contributed by atoms with van der Waals surface area (Å²) in [5.74, 6) is 2.20. The minimum Gasteiger partial charge on any atom is -0.486 e. The van der Waals surface area contributed by atoms with Crippen LogP contribution in [-0.4, -0.2) is 43.3 Å². The molecule has 0 amide bonds. The SMILES string of the molecule is CN(CCN)c1nccc(-c2ccc3c(c2)OCCO3)n1. The summed E-state index contributed by atoms with van der Waals surface area (Å²) < 4.78 is 11.1. The van der Waals surface area contributed by atoms with Crippen LogP contribution in [0.4, 0.5) is 5.95 Å². The van der Waals surface area contributed by atoms with E-state index in [1.807, 2.05) is 36.2 Å². The number of nitrogens with zero attached hydrogens (tertiary/aromatic N) is 3. The Bertz CT molecular complexity index is 633. The highest BCUT2D eigenvalue weighted by Crippen LogP contribution is 2.34. The van der Waals surface area contributed by atoms with Crippen LogP contribution >= 0.6 is 0 Å². The lowest BCUT2D eigenvalue weighted by Crippen LogP contribution is -2.26. The van der Waals surface area contributed by atoms with Gasteiger partial charge >= 0.3 is 0 Å². The molecule has 0 saturated heterocycles. The van der Waals surface area contributed by atoms with E-state index in [4.69, 9.17) is 15.2 Å². The van der Waals surface area contributed by atoms with Crippen molar-refractivity contribution in [3.05, 3.63) is 30.5 Å². The fourth-order valence-electron chi connectivity index (χ4n) is 2.19. The van der Waals surface area contributed by atoms with Gasteiger partial charge in [-0.2, -0.15) is 0 Å². The minimum absolute atomic E-state index is 0.564. The lowest BCUT2D eigenvalue weighted by molar-refractivity contribution is 0.171. The van der Waals surface area contributed by atoms with Crippen LogP contribution in [0.1, 0.15) is 0 Å². The van der Waals surface area contributed by atoms with Crippen molar-refractivity contribution in [1.29, 1.82) is 0 Å². The van der Waals surface area contributed by atoms with Gasteiger partial charge in [0.1, 0.15) is 13.2 Å². The molecule has 0 spiro atoms. The summed E-state index contributed by atoms with van der Waals surface area (Å²) in [5.41, 5.74) is 7.39. The highest BCUT2D eigenvalue weighted by molar-refractivity contribution is 5.64. The first-order valence-corrected chi connectivity index (χ1v) is 6.92. The number of aromatic nitrogens is 2. The van der Waals surface area contributed by atoms with Gasteiger partial charge in [-0.05, 0) is 24.3 Å². The van der Waals surface area contributed by atoms with E-state index in [0.717, 1.165) is 22.8 Å². The van der Waals surface area contributed by atoms with Gasteiger partial charge in [0.2, 0.25) is 5.95 Å². The second-order valence-corrected chi connectivity index (χ2v) is 4.81. The van der Waals surface area contributed by atoms with Gasteiger partial charge in [-0.15, -0.1) is 0 Å². The Morgan fingerprint density at radius 2 is 2.00 bits per heavy atom. The van der Waals surface area contributed by atoms with Crippen molar-refractivity contribution in [1.82, 2.24) is 9.97 Å². The first-order chi connectivity index (χ1) is 10.3. The van der Waals surface area contributed by atoms with Crippen LogP contribution in [0.25, 0.3) is 11.3 Å². The van der Waals surface area contributed by atoms with E-state index in [2.05, 4.69) is 9.97 Å². The topological polar surface area (TPSA) is 73.5 Å². The van der Waals surface area contributed by atoms with Crippen LogP contribution in [0.3, 0.4) is 0 Å². The number of hydrogen-bond acceptors (Lipinski definition) is 6. The van der Waals surface area contributed by atoms with Gasteiger partial charge in [-0.3, -0.25) is 0 Å². The maximum absolute atomic E-state index is 5.61. The molecule has 2 N–H and O–H groups in total. The predicted octanol–water partition coefficient (Wildman–Crippen LogP) is 1.31. The summed E-state index contributed by atoms with van der Waals surface area (Å²) in [6.45, 7) is 2.44. The molecule has 6 nitrogen and oxygen atoms in total. The van der Waals surface area contributed by atoms with Crippen molar-refractivity contribution in [2.75, 3.05) is 38.3 Å². The van der Waals surface area contributed by atoms with Gasteiger partial charge in [-0.25, -0.2) is 9.97 Å². The Balaban J connectivity index is 1.91. The van der Waals surface area contributed by atoms with Crippen LogP contribution in [0.15, 0.2) is 30.5 Å². The Labute approximate surface area is 123 Å². The Morgan fingerprint density at radius 1 is 1.19 bits per heavy atom. The van der Waals surface area contributed by atoms with Crippen molar-refractivity contribution < 1.29 is 9.47 Å². The van der Waals surface area contributed by atoms with Crippen LogP contribution in [0.2, 0.25) is 0 Å². The molecule has 0 fully saturated rings. The van der Waals surface area contributed by atoms with Crippen LogP contribution < -0.4 is 20.1 Å². The maximum atomic E-state index is 5.61. The molecular formula is C15H18N4O2. The lowest BCUT2D eigenvalue weighted by Gasteiger charge is -2.19. The zero-order valence-corrected chi connectivity index (χ0v) is 12.0. The van der Waals surface area contributed by atoms with Crippen LogP contribution in [-0.2, 0) is 0 Å². The number of hydrogen-bond donors (Lipinski definition) is 1. The average Bonchev–Trinajstić information content (AvgIpc) is 2.55. The van der Waals surface area contributed by atoms with Gasteiger partial charge in [-0.1, -0.05) is 0 Å². The number of benzene rings is 1. The van der Waals surface area contributed by atoms with Gasteiger partial charge in [0.15, 0.2) is 11.5 Å². The van der Waals surface area contributed by atoms with Crippen LogP contribution in [0.5, 0.6) is 11.5 Å². The normalized spacial score (nSPS) is 13.0. The Kier molecular flexibility index (Phi) is 3.87. The van der Waals surface area contributed by atoms with E-state index in [0.29, 0.717) is 32.3 Å². The molecule has 6 heteroatoms. The largest absolute Gasteiger partial charge is 0.486 e. The number of ether oxygens (including phenoxy) is 2. The molecule has 0 bridgehead atoms. The monoisotopic (exact) mass is 286 g/mol. The van der Waals surface area contributed by atoms with E-state index in [-0.39, 0.29) is 0 Å². The standard InChI is InChI=1S/C15H18N4O2/c1-19(7-5-16)15-17-6-4-12(18-15)11-2-3-13-14(10-11)21-9-8-20-13/h2-4,6,10H,5,7-9,16H2,1H3. The summed E-state index contributed by atoms with van der Waals surface area (Å²) in [5, 5.41) is 0. The molecule has 21 heavy (non-hydrogen) atoms. The fraction of sp³-hybridized carbons (Fsp3) is 0.333. The number of rotatable bonds is 4. The third-order valence-electron chi connectivity index (χ3n) is 3.29. The maximum Gasteiger partial charge on any atom is 0.225 e. The zero-order valence-electron chi connectivity index (χ0n) is 12.0. The highest BCUT2D eigenvalue weighted by atomic mass is 16.6.